The van der Waals surface area contributed by atoms with Crippen LogP contribution >= 0.6 is 12.2 Å². The zero-order valence-electron chi connectivity index (χ0n) is 21.1. The highest BCUT2D eigenvalue weighted by atomic mass is 32.1. The van der Waals surface area contributed by atoms with Crippen LogP contribution in [0.4, 0.5) is 0 Å². The number of likely N-dealkylation sites (tertiary alicyclic amines) is 1. The fraction of sp³-hybridized carbons (Fsp3) is 0.615. The molecule has 0 spiro atoms. The Kier molecular flexibility index (Phi) is 10.6. The summed E-state index contributed by atoms with van der Waals surface area (Å²) >= 11 is 5.80. The summed E-state index contributed by atoms with van der Waals surface area (Å²) in [6.45, 7) is 15.5. The molecule has 2 N–H and O–H groups in total. The van der Waals surface area contributed by atoms with Crippen LogP contribution < -0.4 is 15.6 Å². The van der Waals surface area contributed by atoms with E-state index in [9.17, 15) is 4.79 Å². The highest BCUT2D eigenvalue weighted by Crippen LogP contribution is 2.20. The predicted octanol–water partition coefficient (Wildman–Crippen LogP) is 3.43. The lowest BCUT2D eigenvalue weighted by Gasteiger charge is -2.28. The molecule has 1 aliphatic heterocycles. The summed E-state index contributed by atoms with van der Waals surface area (Å²) in [6, 6.07) is 7.75. The molecule has 0 radical (unpaired) electrons. The molecule has 0 bridgehead atoms. The van der Waals surface area contributed by atoms with Crippen molar-refractivity contribution < 1.29 is 4.74 Å². The maximum Gasteiger partial charge on any atom is 0.253 e. The van der Waals surface area contributed by atoms with E-state index in [1.54, 1.807) is 0 Å². The van der Waals surface area contributed by atoms with E-state index in [1.807, 2.05) is 31.2 Å². The van der Waals surface area contributed by atoms with Gasteiger partial charge in [-0.05, 0) is 95.4 Å². The number of fused-ring (bicyclic) bond motifs is 1. The summed E-state index contributed by atoms with van der Waals surface area (Å²) in [4.78, 5) is 22.9. The number of aromatic nitrogens is 1. The van der Waals surface area contributed by atoms with Gasteiger partial charge >= 0.3 is 0 Å². The number of thiocarbonyl (C=S) groups is 1. The molecule has 188 valence electrons. The third-order valence-corrected chi connectivity index (χ3v) is 6.96. The standard InChI is InChI=1S/C26H41N5O2S/c1-4-29(5-2)15-9-12-27-26(34)31(17-16-30-13-7-8-14-30)20-22-18-21-19-23(33-6-3)10-11-24(21)28-25(22)32/h10-11,18-19H,4-9,12-17,20H2,1-3H3,(H,27,34)(H,28,32). The smallest absolute Gasteiger partial charge is 0.253 e. The Labute approximate surface area is 209 Å². The van der Waals surface area contributed by atoms with Gasteiger partial charge in [0.1, 0.15) is 5.75 Å². The van der Waals surface area contributed by atoms with E-state index in [2.05, 4.69) is 38.8 Å². The van der Waals surface area contributed by atoms with Gasteiger partial charge in [-0.25, -0.2) is 0 Å². The van der Waals surface area contributed by atoms with Crippen molar-refractivity contribution in [2.45, 2.75) is 46.6 Å². The Bertz CT molecular complexity index is 969. The van der Waals surface area contributed by atoms with Gasteiger partial charge < -0.3 is 29.7 Å². The second-order valence-corrected chi connectivity index (χ2v) is 9.28. The Morgan fingerprint density at radius 3 is 2.62 bits per heavy atom. The quantitative estimate of drug-likeness (QED) is 0.332. The Hall–Kier alpha value is -2.16. The maximum atomic E-state index is 12.9. The van der Waals surface area contributed by atoms with Crippen molar-refractivity contribution in [2.75, 3.05) is 59.0 Å². The zero-order valence-corrected chi connectivity index (χ0v) is 21.9. The van der Waals surface area contributed by atoms with E-state index in [-0.39, 0.29) is 5.56 Å². The lowest BCUT2D eigenvalue weighted by molar-refractivity contribution is 0.283. The molecule has 3 rings (SSSR count). The molecule has 2 aromatic rings. The van der Waals surface area contributed by atoms with Crippen LogP contribution in [0.25, 0.3) is 10.9 Å². The lowest BCUT2D eigenvalue weighted by atomic mass is 10.1. The molecule has 7 nitrogen and oxygen atoms in total. The molecule has 1 aromatic heterocycles. The van der Waals surface area contributed by atoms with E-state index in [0.717, 1.165) is 86.1 Å². The van der Waals surface area contributed by atoms with E-state index in [4.69, 9.17) is 17.0 Å². The fourth-order valence-electron chi connectivity index (χ4n) is 4.48. The number of hydrogen-bond donors (Lipinski definition) is 2. The molecule has 0 atom stereocenters. The van der Waals surface area contributed by atoms with Crippen molar-refractivity contribution >= 4 is 28.2 Å². The third kappa shape index (κ3) is 7.68. The molecule has 1 fully saturated rings. The lowest BCUT2D eigenvalue weighted by Crippen LogP contribution is -2.44. The van der Waals surface area contributed by atoms with Crippen LogP contribution in [0.5, 0.6) is 5.75 Å². The minimum absolute atomic E-state index is 0.0628. The second kappa shape index (κ2) is 13.7. The van der Waals surface area contributed by atoms with Crippen LogP contribution in [0.2, 0.25) is 0 Å². The van der Waals surface area contributed by atoms with Gasteiger partial charge in [0.2, 0.25) is 0 Å². The van der Waals surface area contributed by atoms with Gasteiger partial charge in [0.05, 0.1) is 13.2 Å². The van der Waals surface area contributed by atoms with Crippen molar-refractivity contribution in [3.8, 4) is 5.75 Å². The molecule has 0 aliphatic carbocycles. The molecule has 1 saturated heterocycles. The first-order valence-corrected chi connectivity index (χ1v) is 13.2. The molecule has 2 heterocycles. The SMILES string of the molecule is CCOc1ccc2[nH]c(=O)c(CN(CCN3CCCC3)C(=S)NCCCN(CC)CC)cc2c1. The number of nitrogens with one attached hydrogen (secondary N) is 2. The van der Waals surface area contributed by atoms with Gasteiger partial charge in [0, 0.05) is 36.1 Å². The van der Waals surface area contributed by atoms with Crippen LogP contribution in [0, 0.1) is 0 Å². The number of benzene rings is 1. The van der Waals surface area contributed by atoms with Crippen molar-refractivity contribution in [2.24, 2.45) is 0 Å². The van der Waals surface area contributed by atoms with Gasteiger partial charge in [-0.3, -0.25) is 4.79 Å². The molecule has 8 heteroatoms. The van der Waals surface area contributed by atoms with E-state index < -0.39 is 0 Å². The fourth-order valence-corrected chi connectivity index (χ4v) is 4.74. The monoisotopic (exact) mass is 487 g/mol. The predicted molar refractivity (Wildman–Crippen MR) is 145 cm³/mol. The molecular weight excluding hydrogens is 446 g/mol. The minimum Gasteiger partial charge on any atom is -0.494 e. The summed E-state index contributed by atoms with van der Waals surface area (Å²) in [5.41, 5.74) is 1.47. The highest BCUT2D eigenvalue weighted by Gasteiger charge is 2.17. The average Bonchev–Trinajstić information content (AvgIpc) is 3.36. The van der Waals surface area contributed by atoms with Gasteiger partial charge in [-0.2, -0.15) is 0 Å². The highest BCUT2D eigenvalue weighted by molar-refractivity contribution is 7.80. The first-order valence-electron chi connectivity index (χ1n) is 12.8. The van der Waals surface area contributed by atoms with Gasteiger partial charge in [-0.15, -0.1) is 0 Å². The largest absolute Gasteiger partial charge is 0.494 e. The number of rotatable bonds is 13. The molecular formula is C26H41N5O2S. The maximum absolute atomic E-state index is 12.9. The van der Waals surface area contributed by atoms with Crippen LogP contribution in [-0.2, 0) is 6.54 Å². The van der Waals surface area contributed by atoms with E-state index >= 15 is 0 Å². The number of pyridine rings is 1. The summed E-state index contributed by atoms with van der Waals surface area (Å²) in [7, 11) is 0. The van der Waals surface area contributed by atoms with Gasteiger partial charge in [-0.1, -0.05) is 13.8 Å². The molecule has 34 heavy (non-hydrogen) atoms. The van der Waals surface area contributed by atoms with Crippen molar-refractivity contribution in [3.63, 3.8) is 0 Å². The van der Waals surface area contributed by atoms with Crippen molar-refractivity contribution in [3.05, 3.63) is 40.2 Å². The number of ether oxygens (including phenoxy) is 1. The normalized spacial score (nSPS) is 14.1. The average molecular weight is 488 g/mol. The summed E-state index contributed by atoms with van der Waals surface area (Å²) in [5.74, 6) is 0.810. The third-order valence-electron chi connectivity index (χ3n) is 6.56. The van der Waals surface area contributed by atoms with Crippen LogP contribution in [0.15, 0.2) is 29.1 Å². The number of H-pyrrole nitrogens is 1. The first-order chi connectivity index (χ1) is 16.5. The summed E-state index contributed by atoms with van der Waals surface area (Å²) < 4.78 is 5.64. The van der Waals surface area contributed by atoms with Crippen LogP contribution in [0.3, 0.4) is 0 Å². The second-order valence-electron chi connectivity index (χ2n) is 8.89. The molecule has 0 amide bonds. The first kappa shape index (κ1) is 26.4. The summed E-state index contributed by atoms with van der Waals surface area (Å²) in [5, 5.41) is 5.14. The van der Waals surface area contributed by atoms with E-state index in [0.29, 0.717) is 13.2 Å². The number of hydrogen-bond acceptors (Lipinski definition) is 5. The summed E-state index contributed by atoms with van der Waals surface area (Å²) in [6.07, 6.45) is 3.57. The zero-order chi connectivity index (χ0) is 24.3. The van der Waals surface area contributed by atoms with Crippen LogP contribution in [-0.4, -0.2) is 83.8 Å². The van der Waals surface area contributed by atoms with Gasteiger partial charge in [0.15, 0.2) is 5.11 Å². The Balaban J connectivity index is 1.70. The number of aromatic amines is 1. The van der Waals surface area contributed by atoms with Crippen LogP contribution in [0.1, 0.15) is 45.6 Å². The topological polar surface area (TPSA) is 63.8 Å². The van der Waals surface area contributed by atoms with Gasteiger partial charge in [0.25, 0.3) is 5.56 Å². The number of nitrogens with zero attached hydrogens (tertiary/aromatic N) is 3. The molecule has 0 unspecified atom stereocenters. The Morgan fingerprint density at radius 1 is 1.15 bits per heavy atom. The Morgan fingerprint density at radius 2 is 1.91 bits per heavy atom. The molecule has 1 aliphatic rings. The molecule has 1 aromatic carbocycles. The molecule has 0 saturated carbocycles. The van der Waals surface area contributed by atoms with Crippen molar-refractivity contribution in [1.29, 1.82) is 0 Å². The van der Waals surface area contributed by atoms with E-state index in [1.165, 1.54) is 12.8 Å². The van der Waals surface area contributed by atoms with Crippen molar-refractivity contribution in [1.82, 2.24) is 25.0 Å². The minimum atomic E-state index is -0.0628.